The number of carboxylic acids is 2. The van der Waals surface area contributed by atoms with Crippen LogP contribution in [-0.4, -0.2) is 48.8 Å². The van der Waals surface area contributed by atoms with E-state index in [9.17, 15) is 24.6 Å². The number of rotatable bonds is 13. The second-order valence-electron chi connectivity index (χ2n) is 9.99. The lowest BCUT2D eigenvalue weighted by atomic mass is 9.87. The monoisotopic (exact) mass is 623 g/mol. The standard InChI is InChI=1S/C30H34BrN5O5/c1-3-30(28(40)41,17-16-23(37)38)36(4-2)21-13-10-19(11-14-21)12-15-22-24-26(33-29(32)34-27(24)39)35(25(22)31)18-20-8-6-5-7-9-20/h5-11,13-14H,3-4,12,15-18H2,1-2H3,(H,37,38)(H,40,41)(H3,32,33,34,39)/t30-/m0/s1. The molecule has 2 heterocycles. The number of carboxylic acid groups (broad SMARTS) is 2. The Morgan fingerprint density at radius 2 is 1.73 bits per heavy atom. The van der Waals surface area contributed by atoms with Crippen LogP contribution < -0.4 is 16.2 Å². The van der Waals surface area contributed by atoms with Crippen molar-refractivity contribution in [2.75, 3.05) is 17.2 Å². The smallest absolute Gasteiger partial charge is 0.329 e. The highest BCUT2D eigenvalue weighted by atomic mass is 79.9. The number of H-pyrrole nitrogens is 1. The van der Waals surface area contributed by atoms with Crippen molar-refractivity contribution in [2.24, 2.45) is 0 Å². The van der Waals surface area contributed by atoms with E-state index in [1.54, 1.807) is 11.8 Å². The summed E-state index contributed by atoms with van der Waals surface area (Å²) in [6.45, 7) is 4.55. The molecule has 0 aliphatic rings. The average molecular weight is 625 g/mol. The summed E-state index contributed by atoms with van der Waals surface area (Å²) in [6, 6.07) is 17.5. The summed E-state index contributed by atoms with van der Waals surface area (Å²) < 4.78 is 2.71. The maximum Gasteiger partial charge on any atom is 0.329 e. The quantitative estimate of drug-likeness (QED) is 0.165. The van der Waals surface area contributed by atoms with Crippen LogP contribution in [0.2, 0.25) is 0 Å². The zero-order valence-corrected chi connectivity index (χ0v) is 24.6. The SMILES string of the molecule is CCN(c1ccc(CCc2c(Br)n(Cc3ccccc3)c3nc(N)[nH]c(=O)c23)cc1)[C@@](CC)(CCC(=O)O)C(=O)O. The van der Waals surface area contributed by atoms with Gasteiger partial charge in [-0.05, 0) is 77.4 Å². The third kappa shape index (κ3) is 6.14. The van der Waals surface area contributed by atoms with Gasteiger partial charge in [-0.1, -0.05) is 49.4 Å². The zero-order valence-electron chi connectivity index (χ0n) is 23.1. The molecule has 4 rings (SSSR count). The Labute approximate surface area is 246 Å². The van der Waals surface area contributed by atoms with E-state index in [1.165, 1.54) is 0 Å². The minimum atomic E-state index is -1.32. The van der Waals surface area contributed by atoms with Crippen LogP contribution in [0.3, 0.4) is 0 Å². The van der Waals surface area contributed by atoms with Gasteiger partial charge in [0.05, 0.1) is 16.5 Å². The number of nitrogens with one attached hydrogen (secondary N) is 1. The molecule has 0 amide bonds. The summed E-state index contributed by atoms with van der Waals surface area (Å²) in [5.74, 6) is -2.01. The van der Waals surface area contributed by atoms with Crippen LogP contribution in [0.4, 0.5) is 11.6 Å². The van der Waals surface area contributed by atoms with E-state index in [-0.39, 0.29) is 30.8 Å². The average Bonchev–Trinajstić information content (AvgIpc) is 3.21. The fraction of sp³-hybridized carbons (Fsp3) is 0.333. The van der Waals surface area contributed by atoms with Crippen molar-refractivity contribution in [3.05, 3.63) is 86.2 Å². The topological polar surface area (TPSA) is 155 Å². The fourth-order valence-corrected chi connectivity index (χ4v) is 6.17. The van der Waals surface area contributed by atoms with Gasteiger partial charge in [0.1, 0.15) is 5.54 Å². The van der Waals surface area contributed by atoms with Gasteiger partial charge in [0.2, 0.25) is 5.95 Å². The molecule has 41 heavy (non-hydrogen) atoms. The maximum atomic E-state index is 13.0. The van der Waals surface area contributed by atoms with E-state index in [1.807, 2.05) is 66.1 Å². The molecule has 0 unspecified atom stereocenters. The van der Waals surface area contributed by atoms with Crippen LogP contribution in [0, 0.1) is 0 Å². The molecule has 0 spiro atoms. The molecule has 10 nitrogen and oxygen atoms in total. The van der Waals surface area contributed by atoms with Gasteiger partial charge in [-0.25, -0.2) is 4.79 Å². The minimum absolute atomic E-state index is 0.00206. The third-order valence-corrected chi connectivity index (χ3v) is 8.53. The van der Waals surface area contributed by atoms with Crippen LogP contribution in [0.25, 0.3) is 11.0 Å². The summed E-state index contributed by atoms with van der Waals surface area (Å²) in [7, 11) is 0. The fourth-order valence-electron chi connectivity index (χ4n) is 5.48. The number of nitrogens with zero attached hydrogens (tertiary/aromatic N) is 3. The lowest BCUT2D eigenvalue weighted by molar-refractivity contribution is -0.144. The van der Waals surface area contributed by atoms with Gasteiger partial charge in [-0.3, -0.25) is 14.6 Å². The number of fused-ring (bicyclic) bond motifs is 1. The first kappa shape index (κ1) is 29.9. The molecule has 0 radical (unpaired) electrons. The normalized spacial score (nSPS) is 12.8. The molecule has 1 atom stereocenters. The lowest BCUT2D eigenvalue weighted by Gasteiger charge is -2.41. The molecular weight excluding hydrogens is 590 g/mol. The first-order valence-electron chi connectivity index (χ1n) is 13.5. The molecule has 4 aromatic rings. The van der Waals surface area contributed by atoms with Crippen LogP contribution in [0.5, 0.6) is 0 Å². The Hall–Kier alpha value is -4.12. The summed E-state index contributed by atoms with van der Waals surface area (Å²) in [4.78, 5) is 45.4. The number of hydrogen-bond donors (Lipinski definition) is 4. The zero-order chi connectivity index (χ0) is 29.7. The number of aryl methyl sites for hydroxylation is 2. The molecule has 0 aliphatic carbocycles. The van der Waals surface area contributed by atoms with E-state index in [2.05, 4.69) is 25.9 Å². The predicted molar refractivity (Wildman–Crippen MR) is 162 cm³/mol. The summed E-state index contributed by atoms with van der Waals surface area (Å²) >= 11 is 3.72. The number of aromatic nitrogens is 3. The third-order valence-electron chi connectivity index (χ3n) is 7.63. The number of nitrogens with two attached hydrogens (primary N) is 1. The molecule has 5 N–H and O–H groups in total. The van der Waals surface area contributed by atoms with Gasteiger partial charge in [-0.2, -0.15) is 4.98 Å². The Balaban J connectivity index is 1.62. The number of nitrogen functional groups attached to an aromatic ring is 1. The largest absolute Gasteiger partial charge is 0.481 e. The summed E-state index contributed by atoms with van der Waals surface area (Å²) in [6.07, 6.45) is 1.20. The number of hydrogen-bond acceptors (Lipinski definition) is 6. The molecule has 2 aromatic carbocycles. The number of anilines is 2. The van der Waals surface area contributed by atoms with Crippen molar-refractivity contribution >= 4 is 50.5 Å². The first-order valence-corrected chi connectivity index (χ1v) is 14.3. The van der Waals surface area contributed by atoms with Gasteiger partial charge in [0.25, 0.3) is 5.56 Å². The van der Waals surface area contributed by atoms with E-state index in [4.69, 9.17) is 5.73 Å². The number of halogens is 1. The van der Waals surface area contributed by atoms with Crippen molar-refractivity contribution in [1.82, 2.24) is 14.5 Å². The Kier molecular flexibility index (Phi) is 9.17. The first-order chi connectivity index (χ1) is 19.6. The molecule has 2 aromatic heterocycles. The van der Waals surface area contributed by atoms with Crippen LogP contribution in [-0.2, 0) is 29.0 Å². The predicted octanol–water partition coefficient (Wildman–Crippen LogP) is 4.83. The van der Waals surface area contributed by atoms with E-state index >= 15 is 0 Å². The van der Waals surface area contributed by atoms with Crippen molar-refractivity contribution in [1.29, 1.82) is 0 Å². The van der Waals surface area contributed by atoms with Crippen LogP contribution >= 0.6 is 15.9 Å². The van der Waals surface area contributed by atoms with Crippen molar-refractivity contribution in [3.8, 4) is 0 Å². The molecule has 0 aliphatic heterocycles. The van der Waals surface area contributed by atoms with Gasteiger partial charge in [0.15, 0.2) is 5.65 Å². The highest BCUT2D eigenvalue weighted by Crippen LogP contribution is 2.33. The lowest BCUT2D eigenvalue weighted by Crippen LogP contribution is -2.55. The van der Waals surface area contributed by atoms with Crippen LogP contribution in [0.1, 0.15) is 49.8 Å². The molecule has 0 bridgehead atoms. The Bertz CT molecular complexity index is 1600. The van der Waals surface area contributed by atoms with Gasteiger partial charge in [0, 0.05) is 18.7 Å². The molecule has 0 saturated carbocycles. The number of carbonyl (C=O) groups is 2. The second-order valence-corrected chi connectivity index (χ2v) is 10.7. The van der Waals surface area contributed by atoms with E-state index in [0.29, 0.717) is 42.7 Å². The van der Waals surface area contributed by atoms with E-state index in [0.717, 1.165) is 21.3 Å². The number of likely N-dealkylation sites (N-methyl/N-ethyl adjacent to an activating group) is 1. The van der Waals surface area contributed by atoms with Crippen LogP contribution in [0.15, 0.2) is 64.0 Å². The number of benzene rings is 2. The van der Waals surface area contributed by atoms with Gasteiger partial charge < -0.3 is 25.4 Å². The molecule has 0 saturated heterocycles. The summed E-state index contributed by atoms with van der Waals surface area (Å²) in [5.41, 5.74) is 8.38. The van der Waals surface area contributed by atoms with E-state index < -0.39 is 17.5 Å². The van der Waals surface area contributed by atoms with Crippen molar-refractivity contribution in [2.45, 2.75) is 58.0 Å². The molecule has 216 valence electrons. The number of aliphatic carboxylic acids is 2. The Morgan fingerprint density at radius 3 is 2.32 bits per heavy atom. The molecular formula is C30H34BrN5O5. The molecule has 0 fully saturated rings. The second kappa shape index (κ2) is 12.6. The van der Waals surface area contributed by atoms with Crippen molar-refractivity contribution < 1.29 is 19.8 Å². The highest BCUT2D eigenvalue weighted by molar-refractivity contribution is 9.10. The van der Waals surface area contributed by atoms with Gasteiger partial charge >= 0.3 is 11.9 Å². The maximum absolute atomic E-state index is 13.0. The van der Waals surface area contributed by atoms with Gasteiger partial charge in [-0.15, -0.1) is 0 Å². The Morgan fingerprint density at radius 1 is 1.05 bits per heavy atom. The molecule has 11 heteroatoms. The number of aromatic amines is 1. The van der Waals surface area contributed by atoms with Crippen molar-refractivity contribution in [3.63, 3.8) is 0 Å². The summed E-state index contributed by atoms with van der Waals surface area (Å²) in [5, 5.41) is 19.8. The minimum Gasteiger partial charge on any atom is -0.481 e. The highest BCUT2D eigenvalue weighted by Gasteiger charge is 2.42.